The third-order valence-electron chi connectivity index (χ3n) is 4.58. The van der Waals surface area contributed by atoms with Crippen LogP contribution >= 0.6 is 0 Å². The van der Waals surface area contributed by atoms with Crippen molar-refractivity contribution < 1.29 is 0 Å². The number of nitrogens with one attached hydrogen (secondary N) is 1. The predicted octanol–water partition coefficient (Wildman–Crippen LogP) is 2.58. The molecule has 2 aliphatic heterocycles. The summed E-state index contributed by atoms with van der Waals surface area (Å²) in [5.74, 6) is 0. The van der Waals surface area contributed by atoms with Crippen LogP contribution in [0.2, 0.25) is 0 Å². The van der Waals surface area contributed by atoms with Crippen LogP contribution in [0.15, 0.2) is 18.2 Å². The van der Waals surface area contributed by atoms with Crippen LogP contribution in [0.25, 0.3) is 0 Å². The monoisotopic (exact) mass is 259 g/mol. The third-order valence-corrected chi connectivity index (χ3v) is 4.58. The second-order valence-corrected chi connectivity index (χ2v) is 5.76. The molecule has 1 fully saturated rings. The number of rotatable bonds is 2. The summed E-state index contributed by atoms with van der Waals surface area (Å²) >= 11 is 0. The molecule has 19 heavy (non-hydrogen) atoms. The lowest BCUT2D eigenvalue weighted by Crippen LogP contribution is -2.52. The lowest BCUT2D eigenvalue weighted by molar-refractivity contribution is 0.199. The first kappa shape index (κ1) is 12.8. The van der Waals surface area contributed by atoms with Crippen molar-refractivity contribution in [2.24, 2.45) is 0 Å². The maximum absolute atomic E-state index is 3.54. The Morgan fingerprint density at radius 3 is 3.00 bits per heavy atom. The topological polar surface area (TPSA) is 18.5 Å². The molecule has 0 radical (unpaired) electrons. The number of fused-ring (bicyclic) bond motifs is 1. The molecule has 1 aromatic carbocycles. The summed E-state index contributed by atoms with van der Waals surface area (Å²) in [6.07, 6.45) is 2.48. The Morgan fingerprint density at radius 2 is 2.21 bits per heavy atom. The van der Waals surface area contributed by atoms with Crippen LogP contribution in [0.1, 0.15) is 25.8 Å². The van der Waals surface area contributed by atoms with Crippen molar-refractivity contribution in [3.63, 3.8) is 0 Å². The highest BCUT2D eigenvalue weighted by Gasteiger charge is 2.25. The van der Waals surface area contributed by atoms with Crippen LogP contribution in [0.5, 0.6) is 0 Å². The van der Waals surface area contributed by atoms with Gasteiger partial charge in [-0.1, -0.05) is 13.0 Å². The van der Waals surface area contributed by atoms with Gasteiger partial charge in [0.1, 0.15) is 0 Å². The van der Waals surface area contributed by atoms with E-state index in [1.165, 1.54) is 42.9 Å². The first-order chi connectivity index (χ1) is 9.29. The van der Waals surface area contributed by atoms with E-state index in [0.29, 0.717) is 6.04 Å². The molecule has 2 heterocycles. The van der Waals surface area contributed by atoms with Gasteiger partial charge in [0.05, 0.1) is 0 Å². The number of anilines is 2. The van der Waals surface area contributed by atoms with Gasteiger partial charge >= 0.3 is 0 Å². The maximum atomic E-state index is 3.54. The lowest BCUT2D eigenvalue weighted by Gasteiger charge is -2.41. The molecule has 0 saturated carbocycles. The molecule has 3 rings (SSSR count). The zero-order valence-corrected chi connectivity index (χ0v) is 12.2. The zero-order valence-electron chi connectivity index (χ0n) is 12.2. The Bertz CT molecular complexity index is 444. The second-order valence-electron chi connectivity index (χ2n) is 5.76. The van der Waals surface area contributed by atoms with Crippen LogP contribution in [-0.2, 0) is 6.42 Å². The van der Waals surface area contributed by atoms with Crippen molar-refractivity contribution in [1.29, 1.82) is 0 Å². The van der Waals surface area contributed by atoms with Crippen LogP contribution in [-0.4, -0.2) is 43.7 Å². The standard InChI is InChI=1S/C16H25N3/c1-3-18-10-11-19(12-13(18)2)16-8-4-7-15-14(16)6-5-9-17-15/h4,7-8,13,17H,3,5-6,9-12H2,1-2H3. The highest BCUT2D eigenvalue weighted by molar-refractivity contribution is 5.68. The molecule has 0 aliphatic carbocycles. The molecule has 1 aromatic rings. The number of benzene rings is 1. The van der Waals surface area contributed by atoms with Crippen molar-refractivity contribution >= 4 is 11.4 Å². The van der Waals surface area contributed by atoms with Gasteiger partial charge in [0.2, 0.25) is 0 Å². The first-order valence-corrected chi connectivity index (χ1v) is 7.64. The van der Waals surface area contributed by atoms with Crippen LogP contribution in [0, 0.1) is 0 Å². The second kappa shape index (κ2) is 5.41. The smallest absolute Gasteiger partial charge is 0.0420 e. The van der Waals surface area contributed by atoms with Gasteiger partial charge in [0, 0.05) is 43.6 Å². The average molecular weight is 259 g/mol. The largest absolute Gasteiger partial charge is 0.385 e. The normalized spacial score (nSPS) is 23.9. The summed E-state index contributed by atoms with van der Waals surface area (Å²) in [6, 6.07) is 7.39. The summed E-state index contributed by atoms with van der Waals surface area (Å²) < 4.78 is 0. The summed E-state index contributed by atoms with van der Waals surface area (Å²) in [4.78, 5) is 5.16. The van der Waals surface area contributed by atoms with Crippen molar-refractivity contribution in [3.05, 3.63) is 23.8 Å². The van der Waals surface area contributed by atoms with E-state index in [1.807, 2.05) is 0 Å². The quantitative estimate of drug-likeness (QED) is 0.880. The molecule has 3 heteroatoms. The average Bonchev–Trinajstić information content (AvgIpc) is 2.46. The number of likely N-dealkylation sites (N-methyl/N-ethyl adjacent to an activating group) is 1. The van der Waals surface area contributed by atoms with Gasteiger partial charge in [-0.25, -0.2) is 0 Å². The van der Waals surface area contributed by atoms with Crippen LogP contribution in [0.3, 0.4) is 0 Å². The number of nitrogens with zero attached hydrogens (tertiary/aromatic N) is 2. The Morgan fingerprint density at radius 1 is 1.32 bits per heavy atom. The molecule has 0 spiro atoms. The van der Waals surface area contributed by atoms with E-state index in [0.717, 1.165) is 19.6 Å². The van der Waals surface area contributed by atoms with Gasteiger partial charge in [-0.2, -0.15) is 0 Å². The van der Waals surface area contributed by atoms with E-state index >= 15 is 0 Å². The highest BCUT2D eigenvalue weighted by Crippen LogP contribution is 2.32. The van der Waals surface area contributed by atoms with Gasteiger partial charge in [-0.05, 0) is 44.0 Å². The Labute approximate surface area is 116 Å². The van der Waals surface area contributed by atoms with E-state index < -0.39 is 0 Å². The molecular formula is C16H25N3. The van der Waals surface area contributed by atoms with Crippen LogP contribution < -0.4 is 10.2 Å². The van der Waals surface area contributed by atoms with E-state index in [4.69, 9.17) is 0 Å². The van der Waals surface area contributed by atoms with Crippen molar-refractivity contribution in [3.8, 4) is 0 Å². The maximum Gasteiger partial charge on any atom is 0.0420 e. The molecule has 1 unspecified atom stereocenters. The number of piperazine rings is 1. The molecule has 0 bridgehead atoms. The molecule has 0 aromatic heterocycles. The van der Waals surface area contributed by atoms with Crippen molar-refractivity contribution in [1.82, 2.24) is 4.90 Å². The fourth-order valence-electron chi connectivity index (χ4n) is 3.47. The van der Waals surface area contributed by atoms with Crippen molar-refractivity contribution in [2.45, 2.75) is 32.7 Å². The van der Waals surface area contributed by atoms with E-state index in [1.54, 1.807) is 0 Å². The molecule has 0 amide bonds. The molecule has 2 aliphatic rings. The van der Waals surface area contributed by atoms with Crippen molar-refractivity contribution in [2.75, 3.05) is 42.9 Å². The van der Waals surface area contributed by atoms with Crippen LogP contribution in [0.4, 0.5) is 11.4 Å². The fraction of sp³-hybridized carbons (Fsp3) is 0.625. The van der Waals surface area contributed by atoms with E-state index in [-0.39, 0.29) is 0 Å². The molecular weight excluding hydrogens is 234 g/mol. The lowest BCUT2D eigenvalue weighted by atomic mass is 9.99. The number of hydrogen-bond donors (Lipinski definition) is 1. The minimum atomic E-state index is 0.658. The summed E-state index contributed by atoms with van der Waals surface area (Å²) in [6.45, 7) is 10.4. The zero-order chi connectivity index (χ0) is 13.2. The molecule has 104 valence electrons. The minimum Gasteiger partial charge on any atom is -0.385 e. The summed E-state index contributed by atoms with van der Waals surface area (Å²) in [5, 5.41) is 3.54. The molecule has 1 atom stereocenters. The number of hydrogen-bond acceptors (Lipinski definition) is 3. The van der Waals surface area contributed by atoms with Gasteiger partial charge in [0.15, 0.2) is 0 Å². The van der Waals surface area contributed by atoms with Gasteiger partial charge in [0.25, 0.3) is 0 Å². The van der Waals surface area contributed by atoms with E-state index in [9.17, 15) is 0 Å². The van der Waals surface area contributed by atoms with Gasteiger partial charge in [-0.3, -0.25) is 4.90 Å². The molecule has 1 N–H and O–H groups in total. The molecule has 1 saturated heterocycles. The van der Waals surface area contributed by atoms with Gasteiger partial charge < -0.3 is 10.2 Å². The Balaban J connectivity index is 1.83. The third kappa shape index (κ3) is 2.44. The summed E-state index contributed by atoms with van der Waals surface area (Å²) in [5.41, 5.74) is 4.35. The Hall–Kier alpha value is -1.22. The minimum absolute atomic E-state index is 0.658. The first-order valence-electron chi connectivity index (χ1n) is 7.64. The van der Waals surface area contributed by atoms with Gasteiger partial charge in [-0.15, -0.1) is 0 Å². The fourth-order valence-corrected chi connectivity index (χ4v) is 3.47. The van der Waals surface area contributed by atoms with E-state index in [2.05, 4.69) is 47.2 Å². The predicted molar refractivity (Wildman–Crippen MR) is 82.2 cm³/mol. The SMILES string of the molecule is CCN1CCN(c2cccc3c2CCCN3)CC1C. The highest BCUT2D eigenvalue weighted by atomic mass is 15.3. The Kier molecular flexibility index (Phi) is 3.65. The molecule has 3 nitrogen and oxygen atoms in total. The summed E-state index contributed by atoms with van der Waals surface area (Å²) in [7, 11) is 0.